The minimum absolute atomic E-state index is 0.0180. The molecule has 0 spiro atoms. The molecule has 1 aliphatic heterocycles. The highest BCUT2D eigenvalue weighted by atomic mass is 32.2. The van der Waals surface area contributed by atoms with Crippen LogP contribution in [0.2, 0.25) is 0 Å². The van der Waals surface area contributed by atoms with Gasteiger partial charge < -0.3 is 9.67 Å². The molecule has 0 radical (unpaired) electrons. The Hall–Kier alpha value is -2.75. The van der Waals surface area contributed by atoms with Gasteiger partial charge in [-0.05, 0) is 92.0 Å². The highest BCUT2D eigenvalue weighted by Crippen LogP contribution is 2.64. The van der Waals surface area contributed by atoms with Gasteiger partial charge in [0.25, 0.3) is 10.2 Å². The highest BCUT2D eigenvalue weighted by molar-refractivity contribution is 7.90. The van der Waals surface area contributed by atoms with Crippen LogP contribution in [0.4, 0.5) is 10.1 Å². The standard InChI is InChI=1S/C28H31FN4O3S/c29-20-5-7-21(8-6-20)31-37(35,36)32-28-13-18-9-19(14-28)12-27(11-18,16-28)26(34)10-24-22-3-1-2-4-23(22)25-15-30-17-33(24)25/h1-8,15,17-19,24,26,31-32,34H,9-14,16H2. The van der Waals surface area contributed by atoms with Crippen molar-refractivity contribution >= 4 is 15.9 Å². The molecule has 0 saturated heterocycles. The predicted octanol–water partition coefficient (Wildman–Crippen LogP) is 4.63. The van der Waals surface area contributed by atoms with Crippen LogP contribution in [0.3, 0.4) is 0 Å². The fourth-order valence-electron chi connectivity index (χ4n) is 8.46. The molecule has 0 amide bonds. The van der Waals surface area contributed by atoms with Crippen LogP contribution in [-0.4, -0.2) is 34.7 Å². The zero-order valence-corrected chi connectivity index (χ0v) is 21.3. The fraction of sp³-hybridized carbons (Fsp3) is 0.464. The number of nitrogens with one attached hydrogen (secondary N) is 2. The normalized spacial score (nSPS) is 32.2. The lowest BCUT2D eigenvalue weighted by atomic mass is 9.45. The van der Waals surface area contributed by atoms with Crippen molar-refractivity contribution in [1.82, 2.24) is 14.3 Å². The topological polar surface area (TPSA) is 96.2 Å². The van der Waals surface area contributed by atoms with Gasteiger partial charge in [0.1, 0.15) is 5.82 Å². The van der Waals surface area contributed by atoms with Gasteiger partial charge in [-0.1, -0.05) is 24.3 Å². The van der Waals surface area contributed by atoms with E-state index in [1.165, 1.54) is 35.4 Å². The number of hydrogen-bond donors (Lipinski definition) is 3. The monoisotopic (exact) mass is 522 g/mol. The number of anilines is 1. The number of imidazole rings is 1. The largest absolute Gasteiger partial charge is 0.392 e. The van der Waals surface area contributed by atoms with Crippen molar-refractivity contribution in [1.29, 1.82) is 0 Å². The van der Waals surface area contributed by atoms with E-state index in [1.807, 2.05) is 24.7 Å². The first-order valence-electron chi connectivity index (χ1n) is 13.1. The van der Waals surface area contributed by atoms with Gasteiger partial charge in [0, 0.05) is 16.8 Å². The number of halogens is 1. The van der Waals surface area contributed by atoms with Crippen LogP contribution in [-0.2, 0) is 10.2 Å². The Morgan fingerprint density at radius 3 is 2.57 bits per heavy atom. The highest BCUT2D eigenvalue weighted by Gasteiger charge is 2.61. The molecule has 4 bridgehead atoms. The molecule has 1 aromatic heterocycles. The van der Waals surface area contributed by atoms with E-state index >= 15 is 0 Å². The summed E-state index contributed by atoms with van der Waals surface area (Å²) < 4.78 is 47.4. The van der Waals surface area contributed by atoms with Crippen molar-refractivity contribution in [3.8, 4) is 11.3 Å². The Labute approximate surface area is 216 Å². The quantitative estimate of drug-likeness (QED) is 0.422. The molecule has 4 aliphatic carbocycles. The van der Waals surface area contributed by atoms with Gasteiger partial charge in [-0.25, -0.2) is 9.37 Å². The zero-order chi connectivity index (χ0) is 25.4. The summed E-state index contributed by atoms with van der Waals surface area (Å²) in [4.78, 5) is 4.36. The number of nitrogens with zero attached hydrogens (tertiary/aromatic N) is 2. The number of rotatable bonds is 7. The van der Waals surface area contributed by atoms with Gasteiger partial charge >= 0.3 is 0 Å². The molecule has 4 fully saturated rings. The average molecular weight is 523 g/mol. The Morgan fingerprint density at radius 2 is 1.81 bits per heavy atom. The van der Waals surface area contributed by atoms with Crippen LogP contribution < -0.4 is 9.44 Å². The van der Waals surface area contributed by atoms with Gasteiger partial charge in [-0.3, -0.25) is 4.72 Å². The van der Waals surface area contributed by atoms with E-state index in [-0.39, 0.29) is 11.5 Å². The molecule has 7 nitrogen and oxygen atoms in total. The van der Waals surface area contributed by atoms with Crippen molar-refractivity contribution in [2.75, 3.05) is 4.72 Å². The van der Waals surface area contributed by atoms with Crippen molar-refractivity contribution in [3.05, 3.63) is 72.4 Å². The lowest BCUT2D eigenvalue weighted by molar-refractivity contribution is -0.136. The molecule has 5 aliphatic rings. The second kappa shape index (κ2) is 8.12. The predicted molar refractivity (Wildman–Crippen MR) is 138 cm³/mol. The molecule has 194 valence electrons. The van der Waals surface area contributed by atoms with Crippen LogP contribution in [0.25, 0.3) is 11.3 Å². The van der Waals surface area contributed by atoms with Crippen molar-refractivity contribution in [3.63, 3.8) is 0 Å². The molecule has 9 heteroatoms. The fourth-order valence-corrected chi connectivity index (χ4v) is 9.77. The van der Waals surface area contributed by atoms with Gasteiger partial charge in [-0.15, -0.1) is 0 Å². The van der Waals surface area contributed by atoms with Crippen LogP contribution in [0.1, 0.15) is 56.6 Å². The number of aliphatic hydroxyl groups is 1. The third-order valence-corrected chi connectivity index (χ3v) is 10.5. The van der Waals surface area contributed by atoms with Crippen molar-refractivity contribution in [2.45, 2.75) is 62.6 Å². The van der Waals surface area contributed by atoms with Crippen molar-refractivity contribution in [2.24, 2.45) is 17.3 Å². The number of hydrogen-bond acceptors (Lipinski definition) is 4. The molecule has 37 heavy (non-hydrogen) atoms. The summed E-state index contributed by atoms with van der Waals surface area (Å²) in [6.07, 6.45) is 8.94. The number of fused-ring (bicyclic) bond motifs is 3. The second-order valence-electron chi connectivity index (χ2n) is 11.9. The van der Waals surface area contributed by atoms with E-state index in [9.17, 15) is 17.9 Å². The molecule has 2 aromatic carbocycles. The van der Waals surface area contributed by atoms with Gasteiger partial charge in [0.2, 0.25) is 0 Å². The summed E-state index contributed by atoms with van der Waals surface area (Å²) in [6, 6.07) is 13.6. The summed E-state index contributed by atoms with van der Waals surface area (Å²) in [6.45, 7) is 0. The molecule has 2 heterocycles. The van der Waals surface area contributed by atoms with Crippen LogP contribution in [0.15, 0.2) is 61.1 Å². The van der Waals surface area contributed by atoms with Gasteiger partial charge in [0.05, 0.1) is 30.4 Å². The summed E-state index contributed by atoms with van der Waals surface area (Å²) >= 11 is 0. The lowest BCUT2D eigenvalue weighted by Crippen LogP contribution is -2.65. The first kappa shape index (κ1) is 23.4. The van der Waals surface area contributed by atoms with E-state index < -0.39 is 27.7 Å². The molecule has 3 N–H and O–H groups in total. The van der Waals surface area contributed by atoms with Gasteiger partial charge in [0.15, 0.2) is 0 Å². The van der Waals surface area contributed by atoms with E-state index in [2.05, 4.69) is 31.1 Å². The number of aliphatic hydroxyl groups excluding tert-OH is 1. The molecule has 3 aromatic rings. The second-order valence-corrected chi connectivity index (χ2v) is 13.3. The van der Waals surface area contributed by atoms with Gasteiger partial charge in [-0.2, -0.15) is 13.1 Å². The average Bonchev–Trinajstić information content (AvgIpc) is 3.41. The molecule has 4 saturated carbocycles. The van der Waals surface area contributed by atoms with Crippen LogP contribution in [0.5, 0.6) is 0 Å². The van der Waals surface area contributed by atoms with E-state index in [4.69, 9.17) is 0 Å². The molecular weight excluding hydrogens is 491 g/mol. The number of benzene rings is 2. The first-order valence-corrected chi connectivity index (χ1v) is 14.6. The lowest BCUT2D eigenvalue weighted by Gasteiger charge is -2.63. The van der Waals surface area contributed by atoms with Crippen LogP contribution in [0, 0.1) is 23.1 Å². The number of aromatic nitrogens is 2. The molecule has 4 atom stereocenters. The minimum atomic E-state index is -3.87. The summed E-state index contributed by atoms with van der Waals surface area (Å²) in [7, 11) is -3.87. The zero-order valence-electron chi connectivity index (χ0n) is 20.5. The summed E-state index contributed by atoms with van der Waals surface area (Å²) in [5.41, 5.74) is 2.88. The van der Waals surface area contributed by atoms with E-state index in [0.29, 0.717) is 30.4 Å². The molecule has 8 rings (SSSR count). The summed E-state index contributed by atoms with van der Waals surface area (Å²) in [5, 5.41) is 11.9. The van der Waals surface area contributed by atoms with E-state index in [1.54, 1.807) is 0 Å². The Bertz CT molecular complexity index is 1440. The Morgan fingerprint density at radius 1 is 1.08 bits per heavy atom. The summed E-state index contributed by atoms with van der Waals surface area (Å²) in [5.74, 6) is 0.369. The third-order valence-electron chi connectivity index (χ3n) is 9.30. The first-order chi connectivity index (χ1) is 17.7. The Kier molecular flexibility index (Phi) is 5.13. The smallest absolute Gasteiger partial charge is 0.299 e. The maximum Gasteiger partial charge on any atom is 0.299 e. The molecular formula is C28H31FN4O3S. The molecule has 4 unspecified atom stereocenters. The maximum absolute atomic E-state index is 13.3. The van der Waals surface area contributed by atoms with Crippen molar-refractivity contribution < 1.29 is 17.9 Å². The van der Waals surface area contributed by atoms with Crippen LogP contribution >= 0.6 is 0 Å². The maximum atomic E-state index is 13.3. The van der Waals surface area contributed by atoms with E-state index in [0.717, 1.165) is 37.8 Å². The SMILES string of the molecule is O=S(=O)(Nc1ccc(F)cc1)NC12CC3CC(C1)CC(C(O)CC1c4ccccc4-c4cncn41)(C3)C2. The minimum Gasteiger partial charge on any atom is -0.392 e. The third kappa shape index (κ3) is 3.90. The Balaban J connectivity index is 1.15.